The molecule has 4 nitrogen and oxygen atoms in total. The van der Waals surface area contributed by atoms with Crippen molar-refractivity contribution >= 4 is 11.6 Å². The van der Waals surface area contributed by atoms with Crippen LogP contribution in [-0.2, 0) is 10.6 Å². The van der Waals surface area contributed by atoms with Gasteiger partial charge in [-0.05, 0) is 6.42 Å². The second kappa shape index (κ2) is 5.28. The highest BCUT2D eigenvalue weighted by atomic mass is 35.5. The quantitative estimate of drug-likeness (QED) is 0.735. The molecule has 0 aliphatic carbocycles. The summed E-state index contributed by atoms with van der Waals surface area (Å²) in [5.41, 5.74) is 0.758. The van der Waals surface area contributed by atoms with Crippen molar-refractivity contribution in [3.63, 3.8) is 0 Å². The van der Waals surface area contributed by atoms with Crippen molar-refractivity contribution in [1.29, 1.82) is 0 Å². The number of rotatable bonds is 4. The molecule has 0 aromatic carbocycles. The summed E-state index contributed by atoms with van der Waals surface area (Å²) in [7, 11) is 0. The minimum atomic E-state index is 0.379. The van der Waals surface area contributed by atoms with E-state index < -0.39 is 0 Å². The minimum Gasteiger partial charge on any atom is -0.476 e. The van der Waals surface area contributed by atoms with E-state index in [1.807, 2.05) is 0 Å². The van der Waals surface area contributed by atoms with Gasteiger partial charge in [-0.15, -0.1) is 11.6 Å². The SMILES string of the molecule is ClCc1cnc(OCC2CCOC2)cn1. The molecule has 0 N–H and O–H groups in total. The highest BCUT2D eigenvalue weighted by molar-refractivity contribution is 6.16. The first-order valence-electron chi connectivity index (χ1n) is 4.96. The van der Waals surface area contributed by atoms with E-state index in [1.165, 1.54) is 0 Å². The molecule has 0 saturated carbocycles. The Bertz CT molecular complexity index is 299. The maximum absolute atomic E-state index is 5.60. The molecule has 82 valence electrons. The van der Waals surface area contributed by atoms with Gasteiger partial charge in [-0.25, -0.2) is 4.98 Å². The van der Waals surface area contributed by atoms with Crippen LogP contribution in [0.4, 0.5) is 0 Å². The summed E-state index contributed by atoms with van der Waals surface area (Å²) in [6.45, 7) is 2.27. The average molecular weight is 229 g/mol. The number of nitrogens with zero attached hydrogens (tertiary/aromatic N) is 2. The molecule has 5 heteroatoms. The van der Waals surface area contributed by atoms with Gasteiger partial charge in [0.2, 0.25) is 5.88 Å². The first-order valence-corrected chi connectivity index (χ1v) is 5.49. The summed E-state index contributed by atoms with van der Waals surface area (Å²) in [5.74, 6) is 1.42. The fourth-order valence-electron chi connectivity index (χ4n) is 1.40. The standard InChI is InChI=1S/C10H13ClN2O2/c11-3-9-4-13-10(5-12-9)15-7-8-1-2-14-6-8/h4-5,8H,1-3,6-7H2. The number of hydrogen-bond donors (Lipinski definition) is 0. The zero-order chi connectivity index (χ0) is 10.5. The lowest BCUT2D eigenvalue weighted by Crippen LogP contribution is -2.12. The highest BCUT2D eigenvalue weighted by Gasteiger charge is 2.16. The molecule has 2 heterocycles. The molecule has 1 atom stereocenters. The zero-order valence-corrected chi connectivity index (χ0v) is 9.11. The van der Waals surface area contributed by atoms with Crippen LogP contribution in [0.1, 0.15) is 12.1 Å². The molecular formula is C10H13ClN2O2. The molecule has 0 amide bonds. The predicted molar refractivity (Wildman–Crippen MR) is 56.0 cm³/mol. The molecule has 1 fully saturated rings. The third-order valence-corrected chi connectivity index (χ3v) is 2.58. The van der Waals surface area contributed by atoms with Gasteiger partial charge in [0.1, 0.15) is 0 Å². The van der Waals surface area contributed by atoms with Crippen LogP contribution in [0.2, 0.25) is 0 Å². The number of alkyl halides is 1. The monoisotopic (exact) mass is 228 g/mol. The minimum absolute atomic E-state index is 0.379. The van der Waals surface area contributed by atoms with Crippen LogP contribution in [0.15, 0.2) is 12.4 Å². The van der Waals surface area contributed by atoms with Crippen molar-refractivity contribution in [3.8, 4) is 5.88 Å². The van der Waals surface area contributed by atoms with Gasteiger partial charge in [0.15, 0.2) is 0 Å². The largest absolute Gasteiger partial charge is 0.476 e. The van der Waals surface area contributed by atoms with E-state index >= 15 is 0 Å². The molecule has 15 heavy (non-hydrogen) atoms. The van der Waals surface area contributed by atoms with Crippen molar-refractivity contribution in [3.05, 3.63) is 18.1 Å². The van der Waals surface area contributed by atoms with Gasteiger partial charge in [0, 0.05) is 12.5 Å². The highest BCUT2D eigenvalue weighted by Crippen LogP contribution is 2.14. The summed E-state index contributed by atoms with van der Waals surface area (Å²) in [4.78, 5) is 8.19. The van der Waals surface area contributed by atoms with Gasteiger partial charge in [-0.1, -0.05) is 0 Å². The Morgan fingerprint density at radius 2 is 2.40 bits per heavy atom. The Morgan fingerprint density at radius 3 is 3.00 bits per heavy atom. The van der Waals surface area contributed by atoms with Crippen molar-refractivity contribution in [1.82, 2.24) is 9.97 Å². The summed E-state index contributed by atoms with van der Waals surface area (Å²) in [6.07, 6.45) is 4.30. The fraction of sp³-hybridized carbons (Fsp3) is 0.600. The van der Waals surface area contributed by atoms with E-state index in [1.54, 1.807) is 12.4 Å². The van der Waals surface area contributed by atoms with E-state index in [4.69, 9.17) is 21.1 Å². The van der Waals surface area contributed by atoms with Crippen molar-refractivity contribution < 1.29 is 9.47 Å². The van der Waals surface area contributed by atoms with E-state index in [2.05, 4.69) is 9.97 Å². The summed E-state index contributed by atoms with van der Waals surface area (Å²) in [6, 6.07) is 0. The van der Waals surface area contributed by atoms with Gasteiger partial charge in [-0.2, -0.15) is 0 Å². The number of halogens is 1. The summed E-state index contributed by atoms with van der Waals surface area (Å²) < 4.78 is 10.7. The molecule has 1 aromatic heterocycles. The van der Waals surface area contributed by atoms with Crippen molar-refractivity contribution in [2.24, 2.45) is 5.92 Å². The Balaban J connectivity index is 1.82. The molecule has 1 aliphatic rings. The summed E-state index contributed by atoms with van der Waals surface area (Å²) in [5, 5.41) is 0. The maximum Gasteiger partial charge on any atom is 0.232 e. The Labute approximate surface area is 93.6 Å². The van der Waals surface area contributed by atoms with Gasteiger partial charge >= 0.3 is 0 Å². The number of aromatic nitrogens is 2. The molecule has 0 radical (unpaired) electrons. The van der Waals surface area contributed by atoms with Gasteiger partial charge in [0.25, 0.3) is 0 Å². The van der Waals surface area contributed by atoms with E-state index in [-0.39, 0.29) is 0 Å². The second-order valence-corrected chi connectivity index (χ2v) is 3.79. The molecule has 1 aromatic rings. The Morgan fingerprint density at radius 1 is 1.47 bits per heavy atom. The fourth-order valence-corrected chi connectivity index (χ4v) is 1.54. The van der Waals surface area contributed by atoms with Crippen LogP contribution in [0, 0.1) is 5.92 Å². The van der Waals surface area contributed by atoms with Crippen LogP contribution in [0.25, 0.3) is 0 Å². The molecule has 1 saturated heterocycles. The second-order valence-electron chi connectivity index (χ2n) is 3.52. The molecule has 2 rings (SSSR count). The molecular weight excluding hydrogens is 216 g/mol. The van der Waals surface area contributed by atoms with Gasteiger partial charge in [0.05, 0.1) is 37.2 Å². The van der Waals surface area contributed by atoms with Crippen LogP contribution in [0.5, 0.6) is 5.88 Å². The molecule has 0 bridgehead atoms. The number of ether oxygens (including phenoxy) is 2. The lowest BCUT2D eigenvalue weighted by atomic mass is 10.1. The van der Waals surface area contributed by atoms with Crippen LogP contribution in [-0.4, -0.2) is 29.8 Å². The topological polar surface area (TPSA) is 44.2 Å². The van der Waals surface area contributed by atoms with E-state index in [9.17, 15) is 0 Å². The van der Waals surface area contributed by atoms with E-state index in [0.717, 1.165) is 25.3 Å². The van der Waals surface area contributed by atoms with Gasteiger partial charge in [-0.3, -0.25) is 4.98 Å². The Kier molecular flexibility index (Phi) is 3.75. The third-order valence-electron chi connectivity index (χ3n) is 2.31. The van der Waals surface area contributed by atoms with Crippen LogP contribution >= 0.6 is 11.6 Å². The first kappa shape index (κ1) is 10.6. The van der Waals surface area contributed by atoms with Crippen LogP contribution in [0.3, 0.4) is 0 Å². The van der Waals surface area contributed by atoms with Crippen molar-refractivity contribution in [2.75, 3.05) is 19.8 Å². The lowest BCUT2D eigenvalue weighted by Gasteiger charge is -2.08. The summed E-state index contributed by atoms with van der Waals surface area (Å²) >= 11 is 5.60. The first-order chi connectivity index (χ1) is 7.38. The van der Waals surface area contributed by atoms with Gasteiger partial charge < -0.3 is 9.47 Å². The van der Waals surface area contributed by atoms with E-state index in [0.29, 0.717) is 24.3 Å². The number of hydrogen-bond acceptors (Lipinski definition) is 4. The predicted octanol–water partition coefficient (Wildman–Crippen LogP) is 1.63. The third kappa shape index (κ3) is 3.04. The van der Waals surface area contributed by atoms with Crippen LogP contribution < -0.4 is 4.74 Å². The Hall–Kier alpha value is -0.870. The molecule has 1 aliphatic heterocycles. The molecule has 0 spiro atoms. The molecule has 1 unspecified atom stereocenters. The smallest absolute Gasteiger partial charge is 0.232 e. The average Bonchev–Trinajstić information content (AvgIpc) is 2.80. The zero-order valence-electron chi connectivity index (χ0n) is 8.36. The lowest BCUT2D eigenvalue weighted by molar-refractivity contribution is 0.165. The maximum atomic E-state index is 5.60. The van der Waals surface area contributed by atoms with Crippen molar-refractivity contribution in [2.45, 2.75) is 12.3 Å². The normalized spacial score (nSPS) is 20.5.